The van der Waals surface area contributed by atoms with Gasteiger partial charge in [-0.15, -0.1) is 0 Å². The molecule has 3 heteroatoms. The second-order valence-electron chi connectivity index (χ2n) is 5.71. The molecule has 2 fully saturated rings. The second kappa shape index (κ2) is 7.46. The van der Waals surface area contributed by atoms with Crippen LogP contribution in [0.2, 0.25) is 0 Å². The summed E-state index contributed by atoms with van der Waals surface area (Å²) in [6, 6.07) is 0.513. The lowest BCUT2D eigenvalue weighted by Gasteiger charge is -2.44. The van der Waals surface area contributed by atoms with Crippen molar-refractivity contribution in [2.24, 2.45) is 5.92 Å². The fourth-order valence-electron chi connectivity index (χ4n) is 2.86. The van der Waals surface area contributed by atoms with Gasteiger partial charge in [-0.05, 0) is 38.6 Å². The van der Waals surface area contributed by atoms with Crippen molar-refractivity contribution >= 4 is 0 Å². The van der Waals surface area contributed by atoms with Gasteiger partial charge in [0.25, 0.3) is 0 Å². The summed E-state index contributed by atoms with van der Waals surface area (Å²) in [6.45, 7) is 7.08. The Labute approximate surface area is 112 Å². The van der Waals surface area contributed by atoms with E-state index in [1.165, 1.54) is 32.1 Å². The molecule has 0 spiro atoms. The van der Waals surface area contributed by atoms with Crippen molar-refractivity contribution < 1.29 is 9.47 Å². The zero-order valence-corrected chi connectivity index (χ0v) is 12.0. The molecule has 3 unspecified atom stereocenters. The molecule has 0 saturated heterocycles. The standard InChI is InChI=1S/C15H29NO2/c1-3-9-16-13-11-14(15(13)17-4-2)18-10-8-12-6-5-7-12/h12-16H,3-11H2,1-2H3. The lowest BCUT2D eigenvalue weighted by molar-refractivity contribution is -0.147. The molecule has 2 rings (SSSR count). The van der Waals surface area contributed by atoms with Crippen molar-refractivity contribution in [3.05, 3.63) is 0 Å². The highest BCUT2D eigenvalue weighted by atomic mass is 16.5. The molecule has 0 aliphatic heterocycles. The van der Waals surface area contributed by atoms with E-state index in [1.54, 1.807) is 0 Å². The van der Waals surface area contributed by atoms with E-state index in [0.29, 0.717) is 12.1 Å². The highest BCUT2D eigenvalue weighted by Crippen LogP contribution is 2.31. The zero-order chi connectivity index (χ0) is 12.8. The summed E-state index contributed by atoms with van der Waals surface area (Å²) in [6.07, 6.45) is 8.44. The van der Waals surface area contributed by atoms with Gasteiger partial charge in [0, 0.05) is 19.3 Å². The molecule has 0 aromatic carbocycles. The van der Waals surface area contributed by atoms with E-state index < -0.39 is 0 Å². The van der Waals surface area contributed by atoms with E-state index in [4.69, 9.17) is 9.47 Å². The molecule has 3 nitrogen and oxygen atoms in total. The van der Waals surface area contributed by atoms with Gasteiger partial charge in [0.1, 0.15) is 0 Å². The Kier molecular flexibility index (Phi) is 5.93. The Balaban J connectivity index is 1.61. The Bertz CT molecular complexity index is 231. The lowest BCUT2D eigenvalue weighted by atomic mass is 9.83. The maximum Gasteiger partial charge on any atom is 0.0990 e. The molecule has 1 N–H and O–H groups in total. The topological polar surface area (TPSA) is 30.5 Å². The smallest absolute Gasteiger partial charge is 0.0990 e. The number of ether oxygens (including phenoxy) is 2. The minimum atomic E-state index is 0.281. The molecule has 0 aromatic heterocycles. The van der Waals surface area contributed by atoms with Crippen LogP contribution >= 0.6 is 0 Å². The first-order valence-corrected chi connectivity index (χ1v) is 7.81. The third kappa shape index (κ3) is 3.69. The Morgan fingerprint density at radius 2 is 2.00 bits per heavy atom. The molecular formula is C15H29NO2. The van der Waals surface area contributed by atoms with Gasteiger partial charge in [0.05, 0.1) is 12.2 Å². The summed E-state index contributed by atoms with van der Waals surface area (Å²) in [5.74, 6) is 0.949. The molecule has 2 aliphatic rings. The van der Waals surface area contributed by atoms with Crippen LogP contribution in [-0.2, 0) is 9.47 Å². The van der Waals surface area contributed by atoms with E-state index in [9.17, 15) is 0 Å². The third-order valence-corrected chi connectivity index (χ3v) is 4.35. The predicted molar refractivity (Wildman–Crippen MR) is 73.8 cm³/mol. The van der Waals surface area contributed by atoms with Gasteiger partial charge < -0.3 is 14.8 Å². The first-order valence-electron chi connectivity index (χ1n) is 7.81. The van der Waals surface area contributed by atoms with Crippen LogP contribution in [0.3, 0.4) is 0 Å². The summed E-state index contributed by atoms with van der Waals surface area (Å²) < 4.78 is 11.8. The van der Waals surface area contributed by atoms with Crippen LogP contribution < -0.4 is 5.32 Å². The molecule has 0 radical (unpaired) electrons. The maximum atomic E-state index is 5.99. The first-order chi connectivity index (χ1) is 8.85. The summed E-state index contributed by atoms with van der Waals surface area (Å²) in [4.78, 5) is 0. The summed E-state index contributed by atoms with van der Waals surface area (Å²) in [5, 5.41) is 3.55. The fraction of sp³-hybridized carbons (Fsp3) is 1.00. The number of rotatable bonds is 9. The molecule has 0 bridgehead atoms. The minimum Gasteiger partial charge on any atom is -0.375 e. The Morgan fingerprint density at radius 1 is 1.17 bits per heavy atom. The molecule has 3 atom stereocenters. The first kappa shape index (κ1) is 14.3. The van der Waals surface area contributed by atoms with E-state index in [1.807, 2.05) is 0 Å². The van der Waals surface area contributed by atoms with Crippen LogP contribution in [0.1, 0.15) is 52.4 Å². The van der Waals surface area contributed by atoms with E-state index >= 15 is 0 Å². The number of nitrogens with one attached hydrogen (secondary N) is 1. The van der Waals surface area contributed by atoms with Crippen molar-refractivity contribution in [1.29, 1.82) is 0 Å². The highest BCUT2D eigenvalue weighted by Gasteiger charge is 2.42. The highest BCUT2D eigenvalue weighted by molar-refractivity contribution is 4.97. The molecular weight excluding hydrogens is 226 g/mol. The number of hydrogen-bond acceptors (Lipinski definition) is 3. The SMILES string of the molecule is CCCNC1CC(OCCC2CCC2)C1OCC. The van der Waals surface area contributed by atoms with E-state index in [0.717, 1.165) is 32.1 Å². The molecule has 0 heterocycles. The zero-order valence-electron chi connectivity index (χ0n) is 12.0. The van der Waals surface area contributed by atoms with Crippen molar-refractivity contribution in [3.8, 4) is 0 Å². The summed E-state index contributed by atoms with van der Waals surface area (Å²) in [5.41, 5.74) is 0. The van der Waals surface area contributed by atoms with Crippen molar-refractivity contribution in [1.82, 2.24) is 5.32 Å². The van der Waals surface area contributed by atoms with Gasteiger partial charge in [-0.1, -0.05) is 26.2 Å². The average molecular weight is 255 g/mol. The minimum absolute atomic E-state index is 0.281. The van der Waals surface area contributed by atoms with Crippen molar-refractivity contribution in [2.75, 3.05) is 19.8 Å². The monoisotopic (exact) mass is 255 g/mol. The van der Waals surface area contributed by atoms with Crippen LogP contribution in [-0.4, -0.2) is 38.0 Å². The van der Waals surface area contributed by atoms with Gasteiger partial charge in [-0.3, -0.25) is 0 Å². The molecule has 0 amide bonds. The second-order valence-corrected chi connectivity index (χ2v) is 5.71. The molecule has 2 aliphatic carbocycles. The van der Waals surface area contributed by atoms with Gasteiger partial charge in [-0.25, -0.2) is 0 Å². The van der Waals surface area contributed by atoms with Crippen molar-refractivity contribution in [2.45, 2.75) is 70.6 Å². The van der Waals surface area contributed by atoms with Crippen LogP contribution in [0, 0.1) is 5.92 Å². The number of hydrogen-bond donors (Lipinski definition) is 1. The fourth-order valence-corrected chi connectivity index (χ4v) is 2.86. The van der Waals surface area contributed by atoms with E-state index in [-0.39, 0.29) is 6.10 Å². The third-order valence-electron chi connectivity index (χ3n) is 4.35. The largest absolute Gasteiger partial charge is 0.375 e. The molecule has 0 aromatic rings. The Morgan fingerprint density at radius 3 is 2.61 bits per heavy atom. The van der Waals surface area contributed by atoms with Gasteiger partial charge in [0.2, 0.25) is 0 Å². The van der Waals surface area contributed by atoms with E-state index in [2.05, 4.69) is 19.2 Å². The molecule has 18 heavy (non-hydrogen) atoms. The van der Waals surface area contributed by atoms with Crippen LogP contribution in [0.25, 0.3) is 0 Å². The van der Waals surface area contributed by atoms with Gasteiger partial charge in [0.15, 0.2) is 0 Å². The van der Waals surface area contributed by atoms with Crippen molar-refractivity contribution in [3.63, 3.8) is 0 Å². The average Bonchev–Trinajstić information content (AvgIpc) is 2.31. The lowest BCUT2D eigenvalue weighted by Crippen LogP contribution is -2.60. The maximum absolute atomic E-state index is 5.99. The van der Waals surface area contributed by atoms with Crippen LogP contribution in [0.5, 0.6) is 0 Å². The Hall–Kier alpha value is -0.120. The van der Waals surface area contributed by atoms with Crippen LogP contribution in [0.4, 0.5) is 0 Å². The molecule has 106 valence electrons. The molecule has 2 saturated carbocycles. The normalized spacial score (nSPS) is 32.0. The summed E-state index contributed by atoms with van der Waals surface area (Å²) >= 11 is 0. The van der Waals surface area contributed by atoms with Crippen LogP contribution in [0.15, 0.2) is 0 Å². The predicted octanol–water partition coefficient (Wildman–Crippen LogP) is 2.74. The summed E-state index contributed by atoms with van der Waals surface area (Å²) in [7, 11) is 0. The van der Waals surface area contributed by atoms with Gasteiger partial charge in [-0.2, -0.15) is 0 Å². The quantitative estimate of drug-likeness (QED) is 0.687. The van der Waals surface area contributed by atoms with Gasteiger partial charge >= 0.3 is 0 Å².